The fourth-order valence-corrected chi connectivity index (χ4v) is 5.34. The van der Waals surface area contributed by atoms with Crippen molar-refractivity contribution in [3.05, 3.63) is 17.6 Å². The van der Waals surface area contributed by atoms with Gasteiger partial charge in [0.05, 0.1) is 11.7 Å². The van der Waals surface area contributed by atoms with Gasteiger partial charge in [-0.15, -0.1) is 0 Å². The molecule has 2 fully saturated rings. The molecule has 7 nitrogen and oxygen atoms in total. The van der Waals surface area contributed by atoms with Crippen molar-refractivity contribution in [1.29, 1.82) is 0 Å². The molecule has 1 atom stereocenters. The lowest BCUT2D eigenvalue weighted by Gasteiger charge is -2.41. The third-order valence-corrected chi connectivity index (χ3v) is 6.63. The molecule has 2 aliphatic heterocycles. The number of rotatable bonds is 3. The van der Waals surface area contributed by atoms with Gasteiger partial charge in [-0.25, -0.2) is 8.42 Å². The molecule has 0 N–H and O–H groups in total. The van der Waals surface area contributed by atoms with E-state index >= 15 is 0 Å². The molecule has 8 heteroatoms. The minimum atomic E-state index is -3.60. The smallest absolute Gasteiger partial charge is 0.289 e. The molecule has 0 aromatic carbocycles. The number of nitrogens with zero attached hydrogens (tertiary/aromatic N) is 2. The van der Waals surface area contributed by atoms with Crippen LogP contribution in [0.25, 0.3) is 0 Å². The highest BCUT2D eigenvalue weighted by Crippen LogP contribution is 2.28. The van der Waals surface area contributed by atoms with Gasteiger partial charge in [0, 0.05) is 32.2 Å². The molecule has 1 aromatic rings. The molecule has 0 saturated carbocycles. The van der Waals surface area contributed by atoms with Crippen molar-refractivity contribution >= 4 is 15.9 Å². The van der Waals surface area contributed by atoms with Gasteiger partial charge in [-0.3, -0.25) is 4.79 Å². The van der Waals surface area contributed by atoms with Crippen molar-refractivity contribution in [2.24, 2.45) is 0 Å². The van der Waals surface area contributed by atoms with Crippen LogP contribution in [0.2, 0.25) is 0 Å². The lowest BCUT2D eigenvalue weighted by molar-refractivity contribution is -0.119. The maximum atomic E-state index is 12.8. The van der Waals surface area contributed by atoms with E-state index in [4.69, 9.17) is 9.15 Å². The number of ether oxygens (including phenoxy) is 1. The largest absolute Gasteiger partial charge is 0.455 e. The van der Waals surface area contributed by atoms with Crippen LogP contribution >= 0.6 is 0 Å². The number of amides is 1. The number of hydrogen-bond acceptors (Lipinski definition) is 5. The Hall–Kier alpha value is -1.38. The number of aryl methyl sites for hydroxylation is 1. The van der Waals surface area contributed by atoms with Gasteiger partial charge >= 0.3 is 0 Å². The molecular formula is C17H26N2O5S. The standard InChI is InChI=1S/C17H26N2O5S/c1-12-10-18(11-17(3,4)24-12)16(20)14-9-15(13(2)23-14)25(21,22)19-7-5-6-8-19/h9,12H,5-8,10-11H2,1-4H3. The summed E-state index contributed by atoms with van der Waals surface area (Å²) in [5.41, 5.74) is -0.445. The molecule has 1 unspecified atom stereocenters. The van der Waals surface area contributed by atoms with Gasteiger partial charge in [-0.2, -0.15) is 4.31 Å². The second-order valence-electron chi connectivity index (χ2n) is 7.52. The Morgan fingerprint density at radius 3 is 2.52 bits per heavy atom. The van der Waals surface area contributed by atoms with E-state index in [1.807, 2.05) is 20.8 Å². The monoisotopic (exact) mass is 370 g/mol. The van der Waals surface area contributed by atoms with Gasteiger partial charge in [0.2, 0.25) is 10.0 Å². The first-order chi connectivity index (χ1) is 11.6. The third-order valence-electron chi connectivity index (χ3n) is 4.62. The number of hydrogen-bond donors (Lipinski definition) is 0. The average molecular weight is 370 g/mol. The second-order valence-corrected chi connectivity index (χ2v) is 9.42. The minimum Gasteiger partial charge on any atom is -0.455 e. The number of carbonyl (C=O) groups excluding carboxylic acids is 1. The van der Waals surface area contributed by atoms with Gasteiger partial charge in [0.1, 0.15) is 10.7 Å². The van der Waals surface area contributed by atoms with E-state index < -0.39 is 15.6 Å². The van der Waals surface area contributed by atoms with Crippen molar-refractivity contribution in [3.63, 3.8) is 0 Å². The predicted octanol–water partition coefficient (Wildman–Crippen LogP) is 2.01. The molecule has 25 heavy (non-hydrogen) atoms. The SMILES string of the molecule is Cc1oc(C(=O)N2CC(C)OC(C)(C)C2)cc1S(=O)(=O)N1CCCC1. The summed E-state index contributed by atoms with van der Waals surface area (Å²) in [4.78, 5) is 14.6. The molecule has 3 heterocycles. The van der Waals surface area contributed by atoms with Crippen LogP contribution < -0.4 is 0 Å². The van der Waals surface area contributed by atoms with Crippen LogP contribution in [0.1, 0.15) is 49.9 Å². The van der Waals surface area contributed by atoms with Crippen LogP contribution in [0.3, 0.4) is 0 Å². The van der Waals surface area contributed by atoms with Gasteiger partial charge in [0.15, 0.2) is 5.76 Å². The third kappa shape index (κ3) is 3.61. The highest BCUT2D eigenvalue weighted by atomic mass is 32.2. The predicted molar refractivity (Wildman–Crippen MR) is 92.0 cm³/mol. The first kappa shape index (κ1) is 18.4. The molecule has 3 rings (SSSR count). The van der Waals surface area contributed by atoms with E-state index in [2.05, 4.69) is 0 Å². The maximum Gasteiger partial charge on any atom is 0.289 e. The summed E-state index contributed by atoms with van der Waals surface area (Å²) in [6.07, 6.45) is 1.64. The van der Waals surface area contributed by atoms with Crippen molar-refractivity contribution in [1.82, 2.24) is 9.21 Å². The van der Waals surface area contributed by atoms with Crippen molar-refractivity contribution < 1.29 is 22.4 Å². The topological polar surface area (TPSA) is 80.1 Å². The fourth-order valence-electron chi connectivity index (χ4n) is 3.66. The Kier molecular flexibility index (Phi) is 4.72. The van der Waals surface area contributed by atoms with E-state index in [1.165, 1.54) is 10.4 Å². The van der Waals surface area contributed by atoms with Gasteiger partial charge in [-0.1, -0.05) is 0 Å². The van der Waals surface area contributed by atoms with Crippen molar-refractivity contribution in [2.45, 2.75) is 57.1 Å². The second kappa shape index (κ2) is 6.41. The van der Waals surface area contributed by atoms with Crippen molar-refractivity contribution in [3.8, 4) is 0 Å². The molecule has 0 radical (unpaired) electrons. The summed E-state index contributed by atoms with van der Waals surface area (Å²) in [5.74, 6) is 0.0326. The zero-order valence-electron chi connectivity index (χ0n) is 15.2. The lowest BCUT2D eigenvalue weighted by atomic mass is 10.1. The quantitative estimate of drug-likeness (QED) is 0.813. The van der Waals surface area contributed by atoms with Crippen LogP contribution in [0, 0.1) is 6.92 Å². The van der Waals surface area contributed by atoms with E-state index in [0.717, 1.165) is 12.8 Å². The Morgan fingerprint density at radius 1 is 1.28 bits per heavy atom. The Balaban J connectivity index is 1.86. The average Bonchev–Trinajstić information content (AvgIpc) is 3.14. The van der Waals surface area contributed by atoms with Gasteiger partial charge in [0.25, 0.3) is 5.91 Å². The Morgan fingerprint density at radius 2 is 1.92 bits per heavy atom. The molecular weight excluding hydrogens is 344 g/mol. The van der Waals surface area contributed by atoms with Crippen LogP contribution in [0.5, 0.6) is 0 Å². The first-order valence-corrected chi connectivity index (χ1v) is 10.1. The number of carbonyl (C=O) groups is 1. The Bertz CT molecular complexity index is 762. The summed E-state index contributed by atoms with van der Waals surface area (Å²) in [7, 11) is -3.60. The maximum absolute atomic E-state index is 12.8. The van der Waals surface area contributed by atoms with E-state index in [-0.39, 0.29) is 28.4 Å². The van der Waals surface area contributed by atoms with Crippen LogP contribution in [0.15, 0.2) is 15.4 Å². The molecule has 0 bridgehead atoms. The fraction of sp³-hybridized carbons (Fsp3) is 0.706. The molecule has 140 valence electrons. The highest BCUT2D eigenvalue weighted by molar-refractivity contribution is 7.89. The van der Waals surface area contributed by atoms with Gasteiger partial charge in [-0.05, 0) is 40.5 Å². The Labute approximate surface area is 149 Å². The summed E-state index contributed by atoms with van der Waals surface area (Å²) in [6, 6.07) is 1.37. The summed E-state index contributed by atoms with van der Waals surface area (Å²) >= 11 is 0. The van der Waals surface area contributed by atoms with Crippen molar-refractivity contribution in [2.75, 3.05) is 26.2 Å². The normalized spacial score (nSPS) is 24.6. The molecule has 2 aliphatic rings. The number of morpholine rings is 1. The van der Waals surface area contributed by atoms with Crippen LogP contribution in [-0.2, 0) is 14.8 Å². The van der Waals surface area contributed by atoms with E-state index in [0.29, 0.717) is 26.2 Å². The highest BCUT2D eigenvalue weighted by Gasteiger charge is 2.37. The zero-order valence-corrected chi connectivity index (χ0v) is 16.1. The molecule has 1 aromatic heterocycles. The lowest BCUT2D eigenvalue weighted by Crippen LogP contribution is -2.53. The van der Waals surface area contributed by atoms with Gasteiger partial charge < -0.3 is 14.1 Å². The van der Waals surface area contributed by atoms with Crippen LogP contribution in [-0.4, -0.2) is 61.4 Å². The minimum absolute atomic E-state index is 0.0696. The molecule has 1 amide bonds. The molecule has 0 aliphatic carbocycles. The van der Waals surface area contributed by atoms with E-state index in [1.54, 1.807) is 11.8 Å². The number of sulfonamides is 1. The summed E-state index contributed by atoms with van der Waals surface area (Å²) < 4.78 is 38.3. The summed E-state index contributed by atoms with van der Waals surface area (Å²) in [5, 5.41) is 0. The summed E-state index contributed by atoms with van der Waals surface area (Å²) in [6.45, 7) is 9.29. The zero-order chi connectivity index (χ0) is 18.4. The van der Waals surface area contributed by atoms with E-state index in [9.17, 15) is 13.2 Å². The van der Waals surface area contributed by atoms with Crippen LogP contribution in [0.4, 0.5) is 0 Å². The molecule has 0 spiro atoms. The molecule has 2 saturated heterocycles. The number of furan rings is 1. The first-order valence-electron chi connectivity index (χ1n) is 8.68.